The molecule has 0 radical (unpaired) electrons. The van der Waals surface area contributed by atoms with Crippen LogP contribution in [0.15, 0.2) is 6.07 Å². The highest BCUT2D eigenvalue weighted by Gasteiger charge is 2.30. The number of nitrogens with one attached hydrogen (secondary N) is 1. The number of amides is 3. The Labute approximate surface area is 163 Å². The van der Waals surface area contributed by atoms with Crippen LogP contribution >= 0.6 is 11.3 Å². The highest BCUT2D eigenvalue weighted by molar-refractivity contribution is 7.18. The molecule has 1 aromatic rings. The van der Waals surface area contributed by atoms with Crippen molar-refractivity contribution in [1.29, 1.82) is 0 Å². The van der Waals surface area contributed by atoms with Crippen molar-refractivity contribution in [1.82, 2.24) is 9.80 Å². The van der Waals surface area contributed by atoms with E-state index in [0.717, 1.165) is 31.5 Å². The van der Waals surface area contributed by atoms with Crippen LogP contribution in [0.25, 0.3) is 0 Å². The van der Waals surface area contributed by atoms with Crippen molar-refractivity contribution in [2.45, 2.75) is 39.5 Å². The van der Waals surface area contributed by atoms with Gasteiger partial charge in [0.15, 0.2) is 0 Å². The maximum Gasteiger partial charge on any atom is 0.348 e. The largest absolute Gasteiger partial charge is 0.462 e. The van der Waals surface area contributed by atoms with Crippen molar-refractivity contribution in [3.8, 4) is 0 Å². The summed E-state index contributed by atoms with van der Waals surface area (Å²) in [5, 5.41) is 3.59. The fourth-order valence-corrected chi connectivity index (χ4v) is 4.58. The highest BCUT2D eigenvalue weighted by atomic mass is 32.1. The number of likely N-dealkylation sites (tertiary alicyclic amines) is 2. The first-order chi connectivity index (χ1) is 13.0. The Bertz CT molecular complexity index is 704. The average molecular weight is 394 g/mol. The first kappa shape index (κ1) is 19.7. The quantitative estimate of drug-likeness (QED) is 0.797. The first-order valence-electron chi connectivity index (χ1n) is 9.62. The molecule has 27 heavy (non-hydrogen) atoms. The van der Waals surface area contributed by atoms with Gasteiger partial charge in [-0.1, -0.05) is 0 Å². The standard InChI is InChI=1S/C19H27N3O4S/c1-3-26-18(24)16-13(2)12-15(27-16)20-17(23)14-6-10-22(11-7-14)19(25)21-8-4-5-9-21/h12,14H,3-11H2,1-2H3,(H,20,23). The van der Waals surface area contributed by atoms with Gasteiger partial charge in [-0.05, 0) is 51.2 Å². The van der Waals surface area contributed by atoms with E-state index in [9.17, 15) is 14.4 Å². The Morgan fingerprint density at radius 3 is 2.41 bits per heavy atom. The van der Waals surface area contributed by atoms with Crippen LogP contribution in [0.4, 0.5) is 9.80 Å². The van der Waals surface area contributed by atoms with Crippen LogP contribution in [0, 0.1) is 12.8 Å². The van der Waals surface area contributed by atoms with Gasteiger partial charge in [0, 0.05) is 32.1 Å². The van der Waals surface area contributed by atoms with Crippen LogP contribution < -0.4 is 5.32 Å². The van der Waals surface area contributed by atoms with Crippen LogP contribution in [-0.4, -0.2) is 60.5 Å². The van der Waals surface area contributed by atoms with E-state index in [4.69, 9.17) is 4.74 Å². The van der Waals surface area contributed by atoms with Gasteiger partial charge in [-0.25, -0.2) is 9.59 Å². The average Bonchev–Trinajstić information content (AvgIpc) is 3.31. The summed E-state index contributed by atoms with van der Waals surface area (Å²) in [6.45, 7) is 6.85. The van der Waals surface area contributed by atoms with Gasteiger partial charge in [-0.2, -0.15) is 0 Å². The van der Waals surface area contributed by atoms with E-state index in [1.165, 1.54) is 11.3 Å². The van der Waals surface area contributed by atoms with Crippen molar-refractivity contribution >= 4 is 34.2 Å². The number of thiophene rings is 1. The van der Waals surface area contributed by atoms with Gasteiger partial charge in [0.25, 0.3) is 0 Å². The number of esters is 1. The van der Waals surface area contributed by atoms with E-state index in [0.29, 0.717) is 42.4 Å². The lowest BCUT2D eigenvalue weighted by Crippen LogP contribution is -2.47. The summed E-state index contributed by atoms with van der Waals surface area (Å²) < 4.78 is 5.04. The number of nitrogens with zero attached hydrogens (tertiary/aromatic N) is 2. The molecule has 148 valence electrons. The summed E-state index contributed by atoms with van der Waals surface area (Å²) in [5.74, 6) is -0.504. The Hall–Kier alpha value is -2.09. The van der Waals surface area contributed by atoms with Crippen LogP contribution in [0.3, 0.4) is 0 Å². The van der Waals surface area contributed by atoms with Gasteiger partial charge >= 0.3 is 12.0 Å². The van der Waals surface area contributed by atoms with Gasteiger partial charge in [0.2, 0.25) is 5.91 Å². The Kier molecular flexibility index (Phi) is 6.36. The molecule has 7 nitrogen and oxygen atoms in total. The normalized spacial score (nSPS) is 17.9. The lowest BCUT2D eigenvalue weighted by Gasteiger charge is -2.33. The molecule has 0 spiro atoms. The molecule has 0 unspecified atom stereocenters. The molecule has 0 atom stereocenters. The zero-order valence-corrected chi connectivity index (χ0v) is 16.8. The highest BCUT2D eigenvalue weighted by Crippen LogP contribution is 2.29. The van der Waals surface area contributed by atoms with Crippen LogP contribution in [0.2, 0.25) is 0 Å². The van der Waals surface area contributed by atoms with Crippen LogP contribution in [0.1, 0.15) is 47.8 Å². The molecule has 0 aliphatic carbocycles. The summed E-state index contributed by atoms with van der Waals surface area (Å²) in [6, 6.07) is 1.92. The molecular formula is C19H27N3O4S. The molecule has 3 rings (SSSR count). The summed E-state index contributed by atoms with van der Waals surface area (Å²) in [5.41, 5.74) is 0.805. The van der Waals surface area contributed by atoms with Crippen molar-refractivity contribution in [2.24, 2.45) is 5.92 Å². The lowest BCUT2D eigenvalue weighted by atomic mass is 9.96. The summed E-state index contributed by atoms with van der Waals surface area (Å²) in [4.78, 5) is 41.2. The van der Waals surface area contributed by atoms with E-state index in [2.05, 4.69) is 5.32 Å². The van der Waals surface area contributed by atoms with Crippen LogP contribution in [0.5, 0.6) is 0 Å². The maximum atomic E-state index is 12.6. The molecule has 2 aliphatic rings. The topological polar surface area (TPSA) is 79.0 Å². The fourth-order valence-electron chi connectivity index (χ4n) is 3.61. The van der Waals surface area contributed by atoms with Crippen molar-refractivity contribution < 1.29 is 19.1 Å². The molecule has 2 fully saturated rings. The van der Waals surface area contributed by atoms with Gasteiger partial charge in [0.1, 0.15) is 4.88 Å². The SMILES string of the molecule is CCOC(=O)c1sc(NC(=O)C2CCN(C(=O)N3CCCC3)CC2)cc1C. The minimum atomic E-state index is -0.353. The van der Waals surface area contributed by atoms with Crippen molar-refractivity contribution in [3.05, 3.63) is 16.5 Å². The number of piperidine rings is 1. The molecule has 1 aromatic heterocycles. The molecule has 3 heterocycles. The van der Waals surface area contributed by atoms with E-state index in [1.807, 2.05) is 16.7 Å². The van der Waals surface area contributed by atoms with Gasteiger partial charge in [-0.15, -0.1) is 11.3 Å². The lowest BCUT2D eigenvalue weighted by molar-refractivity contribution is -0.121. The molecule has 0 aromatic carbocycles. The number of anilines is 1. The van der Waals surface area contributed by atoms with E-state index >= 15 is 0 Å². The van der Waals surface area contributed by atoms with Crippen molar-refractivity contribution in [3.63, 3.8) is 0 Å². The molecule has 3 amide bonds. The third-order valence-corrected chi connectivity index (χ3v) is 6.27. The first-order valence-corrected chi connectivity index (χ1v) is 10.4. The smallest absolute Gasteiger partial charge is 0.348 e. The number of ether oxygens (including phenoxy) is 1. The van der Waals surface area contributed by atoms with E-state index in [1.54, 1.807) is 13.0 Å². The fraction of sp³-hybridized carbons (Fsp3) is 0.632. The second-order valence-electron chi connectivity index (χ2n) is 7.07. The second kappa shape index (κ2) is 8.73. The van der Waals surface area contributed by atoms with Gasteiger partial charge in [-0.3, -0.25) is 4.79 Å². The van der Waals surface area contributed by atoms with Crippen LogP contribution in [-0.2, 0) is 9.53 Å². The third kappa shape index (κ3) is 4.61. The molecule has 2 aliphatic heterocycles. The van der Waals surface area contributed by atoms with E-state index < -0.39 is 0 Å². The number of urea groups is 1. The summed E-state index contributed by atoms with van der Waals surface area (Å²) in [7, 11) is 0. The molecule has 8 heteroatoms. The minimum Gasteiger partial charge on any atom is -0.462 e. The molecule has 1 N–H and O–H groups in total. The molecule has 0 saturated carbocycles. The number of rotatable bonds is 4. The Morgan fingerprint density at radius 1 is 1.15 bits per heavy atom. The molecular weight excluding hydrogens is 366 g/mol. The third-order valence-electron chi connectivity index (χ3n) is 5.14. The molecule has 0 bridgehead atoms. The number of carbonyl (C=O) groups excluding carboxylic acids is 3. The molecule has 2 saturated heterocycles. The number of carbonyl (C=O) groups is 3. The van der Waals surface area contributed by atoms with Gasteiger partial charge < -0.3 is 19.9 Å². The van der Waals surface area contributed by atoms with E-state index in [-0.39, 0.29) is 23.8 Å². The maximum absolute atomic E-state index is 12.6. The summed E-state index contributed by atoms with van der Waals surface area (Å²) in [6.07, 6.45) is 3.50. The number of hydrogen-bond donors (Lipinski definition) is 1. The monoisotopic (exact) mass is 393 g/mol. The predicted octanol–water partition coefficient (Wildman–Crippen LogP) is 3.10. The van der Waals surface area contributed by atoms with Crippen molar-refractivity contribution in [2.75, 3.05) is 38.1 Å². The second-order valence-corrected chi connectivity index (χ2v) is 8.12. The summed E-state index contributed by atoms with van der Waals surface area (Å²) >= 11 is 1.24. The predicted molar refractivity (Wildman–Crippen MR) is 104 cm³/mol. The Morgan fingerprint density at radius 2 is 1.78 bits per heavy atom. The Balaban J connectivity index is 1.52. The zero-order valence-electron chi connectivity index (χ0n) is 16.0. The zero-order chi connectivity index (χ0) is 19.4. The number of hydrogen-bond acceptors (Lipinski definition) is 5. The minimum absolute atomic E-state index is 0.0417. The number of aryl methyl sites for hydroxylation is 1. The van der Waals surface area contributed by atoms with Gasteiger partial charge in [0.05, 0.1) is 11.6 Å².